The van der Waals surface area contributed by atoms with Crippen LogP contribution >= 0.6 is 0 Å². The molecular formula is C12H15FO2. The second-order valence-electron chi connectivity index (χ2n) is 3.81. The quantitative estimate of drug-likeness (QED) is 0.698. The van der Waals surface area contributed by atoms with Crippen molar-refractivity contribution in [3.05, 3.63) is 35.6 Å². The molecule has 0 amide bonds. The Balaban J connectivity index is 2.51. The lowest BCUT2D eigenvalue weighted by Gasteiger charge is -2.06. The van der Waals surface area contributed by atoms with E-state index in [0.717, 1.165) is 0 Å². The average Bonchev–Trinajstić information content (AvgIpc) is 2.17. The van der Waals surface area contributed by atoms with Crippen LogP contribution in [0, 0.1) is 11.7 Å². The van der Waals surface area contributed by atoms with Crippen molar-refractivity contribution >= 4 is 5.78 Å². The predicted molar refractivity (Wildman–Crippen MR) is 56.4 cm³/mol. The van der Waals surface area contributed by atoms with Gasteiger partial charge in [0, 0.05) is 6.61 Å². The Kier molecular flexibility index (Phi) is 4.43. The highest BCUT2D eigenvalue weighted by Gasteiger charge is 2.10. The van der Waals surface area contributed by atoms with Gasteiger partial charge in [-0.05, 0) is 18.1 Å². The normalized spacial score (nSPS) is 10.7. The standard InChI is InChI=1S/C12H15FO2/c1-9(2)7-15-8-12(14)10-5-3-4-6-11(10)13/h3-6,9H,7-8H2,1-2H3. The molecule has 0 fully saturated rings. The second-order valence-corrected chi connectivity index (χ2v) is 3.81. The lowest BCUT2D eigenvalue weighted by molar-refractivity contribution is 0.0702. The van der Waals surface area contributed by atoms with Crippen molar-refractivity contribution in [3.63, 3.8) is 0 Å². The summed E-state index contributed by atoms with van der Waals surface area (Å²) in [5.41, 5.74) is 0.0984. The number of ether oxygens (including phenoxy) is 1. The summed E-state index contributed by atoms with van der Waals surface area (Å²) in [6.07, 6.45) is 0. The van der Waals surface area contributed by atoms with E-state index in [1.807, 2.05) is 13.8 Å². The molecule has 0 spiro atoms. The Morgan fingerprint density at radius 2 is 2.07 bits per heavy atom. The number of hydrogen-bond donors (Lipinski definition) is 0. The molecule has 2 nitrogen and oxygen atoms in total. The first-order valence-electron chi connectivity index (χ1n) is 4.96. The van der Waals surface area contributed by atoms with Crippen molar-refractivity contribution < 1.29 is 13.9 Å². The molecule has 0 aliphatic heterocycles. The van der Waals surface area contributed by atoms with E-state index < -0.39 is 5.82 Å². The molecule has 0 saturated heterocycles. The van der Waals surface area contributed by atoms with Crippen LogP contribution in [0.25, 0.3) is 0 Å². The van der Waals surface area contributed by atoms with Crippen molar-refractivity contribution in [2.75, 3.05) is 13.2 Å². The lowest BCUT2D eigenvalue weighted by atomic mass is 10.1. The Labute approximate surface area is 89.1 Å². The highest BCUT2D eigenvalue weighted by Crippen LogP contribution is 2.07. The second kappa shape index (κ2) is 5.61. The summed E-state index contributed by atoms with van der Waals surface area (Å²) >= 11 is 0. The summed E-state index contributed by atoms with van der Waals surface area (Å²) in [6.45, 7) is 4.44. The summed E-state index contributed by atoms with van der Waals surface area (Å²) < 4.78 is 18.3. The Hall–Kier alpha value is -1.22. The summed E-state index contributed by atoms with van der Waals surface area (Å²) in [5, 5.41) is 0. The van der Waals surface area contributed by atoms with Gasteiger partial charge in [0.15, 0.2) is 5.78 Å². The van der Waals surface area contributed by atoms with Crippen LogP contribution in [0.5, 0.6) is 0 Å². The first kappa shape index (κ1) is 11.9. The molecule has 3 heteroatoms. The number of carbonyl (C=O) groups excluding carboxylic acids is 1. The molecule has 0 unspecified atom stereocenters. The average molecular weight is 210 g/mol. The molecule has 0 bridgehead atoms. The number of hydrogen-bond acceptors (Lipinski definition) is 2. The van der Waals surface area contributed by atoms with Gasteiger partial charge in [0.05, 0.1) is 5.56 Å². The van der Waals surface area contributed by atoms with Crippen LogP contribution in [0.4, 0.5) is 4.39 Å². The smallest absolute Gasteiger partial charge is 0.191 e. The minimum absolute atomic E-state index is 0.0564. The maximum atomic E-state index is 13.1. The molecule has 1 aromatic carbocycles. The molecular weight excluding hydrogens is 195 g/mol. The number of rotatable bonds is 5. The third-order valence-corrected chi connectivity index (χ3v) is 1.86. The molecule has 0 N–H and O–H groups in total. The van der Waals surface area contributed by atoms with E-state index >= 15 is 0 Å². The van der Waals surface area contributed by atoms with E-state index in [2.05, 4.69) is 0 Å². The summed E-state index contributed by atoms with van der Waals surface area (Å²) in [7, 11) is 0. The van der Waals surface area contributed by atoms with E-state index in [1.54, 1.807) is 12.1 Å². The summed E-state index contributed by atoms with van der Waals surface area (Å²) in [5.74, 6) is -0.428. The Bertz CT molecular complexity index is 334. The van der Waals surface area contributed by atoms with Gasteiger partial charge in [0.25, 0.3) is 0 Å². The van der Waals surface area contributed by atoms with E-state index in [4.69, 9.17) is 4.74 Å². The van der Waals surface area contributed by atoms with Crippen molar-refractivity contribution in [1.29, 1.82) is 0 Å². The van der Waals surface area contributed by atoms with Crippen LogP contribution in [0.15, 0.2) is 24.3 Å². The predicted octanol–water partition coefficient (Wildman–Crippen LogP) is 2.68. The van der Waals surface area contributed by atoms with Crippen LogP contribution in [-0.2, 0) is 4.74 Å². The topological polar surface area (TPSA) is 26.3 Å². The zero-order valence-corrected chi connectivity index (χ0v) is 9.00. The highest BCUT2D eigenvalue weighted by atomic mass is 19.1. The van der Waals surface area contributed by atoms with Crippen LogP contribution in [0.1, 0.15) is 24.2 Å². The van der Waals surface area contributed by atoms with Crippen molar-refractivity contribution in [1.82, 2.24) is 0 Å². The van der Waals surface area contributed by atoms with Gasteiger partial charge in [-0.1, -0.05) is 26.0 Å². The summed E-state index contributed by atoms with van der Waals surface area (Å²) in [4.78, 5) is 11.5. The molecule has 0 atom stereocenters. The molecule has 1 rings (SSSR count). The maximum absolute atomic E-state index is 13.1. The van der Waals surface area contributed by atoms with Crippen LogP contribution in [-0.4, -0.2) is 19.0 Å². The fraction of sp³-hybridized carbons (Fsp3) is 0.417. The van der Waals surface area contributed by atoms with Crippen molar-refractivity contribution in [3.8, 4) is 0 Å². The molecule has 0 radical (unpaired) electrons. The molecule has 0 saturated carbocycles. The Morgan fingerprint density at radius 3 is 2.67 bits per heavy atom. The molecule has 0 aliphatic rings. The van der Waals surface area contributed by atoms with Gasteiger partial charge in [-0.2, -0.15) is 0 Å². The highest BCUT2D eigenvalue weighted by molar-refractivity contribution is 5.97. The van der Waals surface area contributed by atoms with E-state index in [-0.39, 0.29) is 18.0 Å². The van der Waals surface area contributed by atoms with Crippen molar-refractivity contribution in [2.24, 2.45) is 5.92 Å². The number of ketones is 1. The zero-order valence-electron chi connectivity index (χ0n) is 9.00. The molecule has 0 heterocycles. The van der Waals surface area contributed by atoms with Gasteiger partial charge in [0.2, 0.25) is 0 Å². The number of carbonyl (C=O) groups is 1. The van der Waals surface area contributed by atoms with Gasteiger partial charge in [0.1, 0.15) is 12.4 Å². The molecule has 1 aromatic rings. The first-order chi connectivity index (χ1) is 7.11. The maximum Gasteiger partial charge on any atom is 0.191 e. The third-order valence-electron chi connectivity index (χ3n) is 1.86. The first-order valence-corrected chi connectivity index (χ1v) is 4.96. The van der Waals surface area contributed by atoms with Gasteiger partial charge in [-0.25, -0.2) is 4.39 Å². The van der Waals surface area contributed by atoms with E-state index in [1.165, 1.54) is 12.1 Å². The molecule has 0 aliphatic carbocycles. The third kappa shape index (κ3) is 3.80. The van der Waals surface area contributed by atoms with Gasteiger partial charge < -0.3 is 4.74 Å². The van der Waals surface area contributed by atoms with Crippen LogP contribution < -0.4 is 0 Å². The fourth-order valence-corrected chi connectivity index (χ4v) is 1.15. The largest absolute Gasteiger partial charge is 0.373 e. The van der Waals surface area contributed by atoms with Gasteiger partial charge in [-0.15, -0.1) is 0 Å². The van der Waals surface area contributed by atoms with Gasteiger partial charge in [-0.3, -0.25) is 4.79 Å². The molecule has 82 valence electrons. The molecule has 15 heavy (non-hydrogen) atoms. The Morgan fingerprint density at radius 1 is 1.40 bits per heavy atom. The lowest BCUT2D eigenvalue weighted by Crippen LogP contribution is -2.13. The number of Topliss-reactive ketones (excluding diaryl/α,β-unsaturated/α-hetero) is 1. The van der Waals surface area contributed by atoms with E-state index in [9.17, 15) is 9.18 Å². The zero-order chi connectivity index (χ0) is 11.3. The van der Waals surface area contributed by atoms with E-state index in [0.29, 0.717) is 12.5 Å². The van der Waals surface area contributed by atoms with Gasteiger partial charge >= 0.3 is 0 Å². The van der Waals surface area contributed by atoms with Crippen LogP contribution in [0.2, 0.25) is 0 Å². The van der Waals surface area contributed by atoms with Crippen LogP contribution in [0.3, 0.4) is 0 Å². The number of halogens is 1. The minimum Gasteiger partial charge on any atom is -0.373 e. The SMILES string of the molecule is CC(C)COCC(=O)c1ccccc1F. The fourth-order valence-electron chi connectivity index (χ4n) is 1.15. The molecule has 0 aromatic heterocycles. The summed E-state index contributed by atoms with van der Waals surface area (Å²) in [6, 6.07) is 5.94. The number of benzene rings is 1. The monoisotopic (exact) mass is 210 g/mol. The minimum atomic E-state index is -0.490. The van der Waals surface area contributed by atoms with Crippen molar-refractivity contribution in [2.45, 2.75) is 13.8 Å².